The molecule has 0 radical (unpaired) electrons. The molecule has 118 valence electrons. The second-order valence-electron chi connectivity index (χ2n) is 5.61. The Morgan fingerprint density at radius 2 is 1.81 bits per heavy atom. The van der Waals surface area contributed by atoms with Crippen LogP contribution in [-0.4, -0.2) is 20.8 Å². The van der Waals surface area contributed by atoms with E-state index in [-0.39, 0.29) is 5.75 Å². The molecule has 21 heavy (non-hydrogen) atoms. The maximum atomic E-state index is 11.5. The summed E-state index contributed by atoms with van der Waals surface area (Å²) in [6, 6.07) is 4.98. The summed E-state index contributed by atoms with van der Waals surface area (Å²) >= 11 is 11.9. The van der Waals surface area contributed by atoms with Gasteiger partial charge in [0.05, 0.1) is 17.4 Å². The highest BCUT2D eigenvalue weighted by Gasteiger charge is 2.37. The molecule has 3 nitrogen and oxygen atoms in total. The van der Waals surface area contributed by atoms with Crippen LogP contribution in [0.5, 0.6) is 5.75 Å². The fourth-order valence-corrected chi connectivity index (χ4v) is 5.08. The molecule has 1 fully saturated rings. The standard InChI is InChI=1S/C14H17Cl3O3S/c15-11-4-5-13(12(16)8-11)20-9-14(10-21(17,18)19)6-2-1-3-7-14/h4-5,8H,1-3,6-7,9-10H2. The van der Waals surface area contributed by atoms with E-state index in [1.165, 1.54) is 0 Å². The van der Waals surface area contributed by atoms with Gasteiger partial charge in [-0.2, -0.15) is 0 Å². The van der Waals surface area contributed by atoms with Crippen molar-refractivity contribution in [3.8, 4) is 5.75 Å². The Morgan fingerprint density at radius 1 is 1.14 bits per heavy atom. The van der Waals surface area contributed by atoms with Crippen LogP contribution < -0.4 is 4.74 Å². The monoisotopic (exact) mass is 370 g/mol. The van der Waals surface area contributed by atoms with Crippen molar-refractivity contribution in [1.82, 2.24) is 0 Å². The largest absolute Gasteiger partial charge is 0.491 e. The Morgan fingerprint density at radius 3 is 2.38 bits per heavy atom. The Bertz CT molecular complexity index is 595. The van der Waals surface area contributed by atoms with E-state index in [1.54, 1.807) is 18.2 Å². The molecule has 0 atom stereocenters. The molecule has 0 aromatic heterocycles. The Labute approximate surface area is 139 Å². The number of hydrogen-bond acceptors (Lipinski definition) is 3. The molecule has 0 saturated heterocycles. The minimum Gasteiger partial charge on any atom is -0.491 e. The van der Waals surface area contributed by atoms with E-state index >= 15 is 0 Å². The Kier molecular flexibility index (Phi) is 5.69. The van der Waals surface area contributed by atoms with Gasteiger partial charge in [-0.1, -0.05) is 42.5 Å². The summed E-state index contributed by atoms with van der Waals surface area (Å²) in [7, 11) is 1.90. The summed E-state index contributed by atoms with van der Waals surface area (Å²) < 4.78 is 28.8. The molecular weight excluding hydrogens is 355 g/mol. The third-order valence-electron chi connectivity index (χ3n) is 3.82. The third kappa shape index (κ3) is 5.20. The highest BCUT2D eigenvalue weighted by Crippen LogP contribution is 2.39. The van der Waals surface area contributed by atoms with Gasteiger partial charge in [0.15, 0.2) is 0 Å². The average Bonchev–Trinajstić information content (AvgIpc) is 2.37. The zero-order chi connectivity index (χ0) is 15.5. The Balaban J connectivity index is 2.12. The predicted octanol–water partition coefficient (Wildman–Crippen LogP) is 4.89. The van der Waals surface area contributed by atoms with Gasteiger partial charge < -0.3 is 4.74 Å². The minimum absolute atomic E-state index is 0.0627. The highest BCUT2D eigenvalue weighted by molar-refractivity contribution is 8.13. The average molecular weight is 372 g/mol. The number of halogens is 3. The first-order valence-electron chi connectivity index (χ1n) is 6.80. The third-order valence-corrected chi connectivity index (χ3v) is 5.64. The molecule has 1 aliphatic carbocycles. The van der Waals surface area contributed by atoms with Crippen molar-refractivity contribution in [2.24, 2.45) is 5.41 Å². The highest BCUT2D eigenvalue weighted by atomic mass is 35.7. The molecule has 0 spiro atoms. The molecule has 0 aliphatic heterocycles. The minimum atomic E-state index is -3.57. The molecule has 0 unspecified atom stereocenters. The first-order valence-corrected chi connectivity index (χ1v) is 10.0. The van der Waals surface area contributed by atoms with Crippen LogP contribution >= 0.6 is 33.9 Å². The smallest absolute Gasteiger partial charge is 0.233 e. The molecule has 1 aromatic rings. The van der Waals surface area contributed by atoms with Crippen molar-refractivity contribution in [1.29, 1.82) is 0 Å². The van der Waals surface area contributed by atoms with E-state index in [2.05, 4.69) is 0 Å². The number of rotatable bonds is 5. The van der Waals surface area contributed by atoms with Crippen molar-refractivity contribution in [2.45, 2.75) is 32.1 Å². The lowest BCUT2D eigenvalue weighted by atomic mass is 9.76. The second kappa shape index (κ2) is 6.95. The van der Waals surface area contributed by atoms with Gasteiger partial charge in [0.1, 0.15) is 5.75 Å². The van der Waals surface area contributed by atoms with Gasteiger partial charge in [-0.25, -0.2) is 8.42 Å². The normalized spacial score (nSPS) is 18.4. The first kappa shape index (κ1) is 17.2. The summed E-state index contributed by atoms with van der Waals surface area (Å²) in [6.07, 6.45) is 4.69. The van der Waals surface area contributed by atoms with Crippen LogP contribution in [0.4, 0.5) is 0 Å². The van der Waals surface area contributed by atoms with E-state index in [4.69, 9.17) is 38.6 Å². The molecule has 1 aliphatic rings. The first-order chi connectivity index (χ1) is 9.80. The van der Waals surface area contributed by atoms with Crippen LogP contribution in [0.15, 0.2) is 18.2 Å². The number of hydrogen-bond donors (Lipinski definition) is 0. The lowest BCUT2D eigenvalue weighted by Crippen LogP contribution is -2.36. The molecule has 1 saturated carbocycles. The van der Waals surface area contributed by atoms with Gasteiger partial charge in [-0.3, -0.25) is 0 Å². The van der Waals surface area contributed by atoms with Crippen LogP contribution in [0.25, 0.3) is 0 Å². The number of ether oxygens (including phenoxy) is 1. The fourth-order valence-electron chi connectivity index (χ4n) is 2.82. The van der Waals surface area contributed by atoms with Crippen molar-refractivity contribution in [3.63, 3.8) is 0 Å². The summed E-state index contributed by atoms with van der Waals surface area (Å²) in [4.78, 5) is 0. The molecule has 2 rings (SSSR count). The summed E-state index contributed by atoms with van der Waals surface area (Å²) in [5.41, 5.74) is -0.429. The van der Waals surface area contributed by atoms with Gasteiger partial charge in [-0.05, 0) is 31.0 Å². The Hall–Kier alpha value is -0.160. The van der Waals surface area contributed by atoms with Crippen molar-refractivity contribution in [2.75, 3.05) is 12.4 Å². The van der Waals surface area contributed by atoms with Gasteiger partial charge >= 0.3 is 0 Å². The van der Waals surface area contributed by atoms with Gasteiger partial charge in [-0.15, -0.1) is 0 Å². The maximum absolute atomic E-state index is 11.5. The molecular formula is C14H17Cl3O3S. The lowest BCUT2D eigenvalue weighted by Gasteiger charge is -2.36. The predicted molar refractivity (Wildman–Crippen MR) is 87.1 cm³/mol. The van der Waals surface area contributed by atoms with Crippen LogP contribution in [0.1, 0.15) is 32.1 Å². The van der Waals surface area contributed by atoms with E-state index in [0.29, 0.717) is 22.4 Å². The quantitative estimate of drug-likeness (QED) is 0.692. The topological polar surface area (TPSA) is 43.4 Å². The van der Waals surface area contributed by atoms with E-state index in [9.17, 15) is 8.42 Å². The molecule has 0 N–H and O–H groups in total. The van der Waals surface area contributed by atoms with Crippen molar-refractivity contribution in [3.05, 3.63) is 28.2 Å². The van der Waals surface area contributed by atoms with Crippen LogP contribution in [-0.2, 0) is 9.05 Å². The molecule has 7 heteroatoms. The summed E-state index contributed by atoms with van der Waals surface area (Å²) in [5.74, 6) is 0.449. The van der Waals surface area contributed by atoms with Crippen molar-refractivity contribution >= 4 is 42.9 Å². The van der Waals surface area contributed by atoms with E-state index in [1.807, 2.05) is 0 Å². The maximum Gasteiger partial charge on any atom is 0.233 e. The molecule has 0 heterocycles. The van der Waals surface area contributed by atoms with Crippen LogP contribution in [0, 0.1) is 5.41 Å². The molecule has 0 bridgehead atoms. The molecule has 1 aromatic carbocycles. The zero-order valence-electron chi connectivity index (χ0n) is 11.4. The van der Waals surface area contributed by atoms with E-state index in [0.717, 1.165) is 32.1 Å². The SMILES string of the molecule is O=S(=O)(Cl)CC1(COc2ccc(Cl)cc2Cl)CCCCC1. The summed E-state index contributed by atoms with van der Waals surface area (Å²) in [5, 5.41) is 0.949. The fraction of sp³-hybridized carbons (Fsp3) is 0.571. The van der Waals surface area contributed by atoms with E-state index < -0.39 is 14.5 Å². The number of benzene rings is 1. The van der Waals surface area contributed by atoms with Crippen LogP contribution in [0.2, 0.25) is 10.0 Å². The lowest BCUT2D eigenvalue weighted by molar-refractivity contribution is 0.119. The van der Waals surface area contributed by atoms with Gasteiger partial charge in [0.25, 0.3) is 0 Å². The van der Waals surface area contributed by atoms with Crippen LogP contribution in [0.3, 0.4) is 0 Å². The summed E-state index contributed by atoms with van der Waals surface area (Å²) in [6.45, 7) is 0.292. The van der Waals surface area contributed by atoms with Crippen molar-refractivity contribution < 1.29 is 13.2 Å². The molecule has 0 amide bonds. The van der Waals surface area contributed by atoms with Gasteiger partial charge in [0.2, 0.25) is 9.05 Å². The second-order valence-corrected chi connectivity index (χ2v) is 9.23. The van der Waals surface area contributed by atoms with Gasteiger partial charge in [0, 0.05) is 21.1 Å². The zero-order valence-corrected chi connectivity index (χ0v) is 14.5.